The highest BCUT2D eigenvalue weighted by Crippen LogP contribution is 2.32. The van der Waals surface area contributed by atoms with Gasteiger partial charge in [-0.15, -0.1) is 0 Å². The number of piperidine rings is 1. The lowest BCUT2D eigenvalue weighted by Gasteiger charge is -2.24. The first-order valence-electron chi connectivity index (χ1n) is 6.38. The van der Waals surface area contributed by atoms with Crippen LogP contribution in [0.5, 0.6) is 0 Å². The summed E-state index contributed by atoms with van der Waals surface area (Å²) in [5.41, 5.74) is 0. The van der Waals surface area contributed by atoms with Gasteiger partial charge in [-0.3, -0.25) is 4.79 Å². The number of hydrogen-bond acceptors (Lipinski definition) is 2. The van der Waals surface area contributed by atoms with Crippen molar-refractivity contribution >= 4 is 5.78 Å². The summed E-state index contributed by atoms with van der Waals surface area (Å²) in [7, 11) is 0. The lowest BCUT2D eigenvalue weighted by molar-refractivity contribution is -0.180. The summed E-state index contributed by atoms with van der Waals surface area (Å²) in [6, 6.07) is 0. The number of carbonyl (C=O) groups is 1. The summed E-state index contributed by atoms with van der Waals surface area (Å²) >= 11 is 0. The Bertz CT molecular complexity index is 288. The molecular formula is C12H18F5NO. The van der Waals surface area contributed by atoms with E-state index in [-0.39, 0.29) is 37.9 Å². The molecule has 112 valence electrons. The molecule has 0 radical (unpaired) electrons. The van der Waals surface area contributed by atoms with Gasteiger partial charge in [0.15, 0.2) is 0 Å². The van der Waals surface area contributed by atoms with Crippen molar-refractivity contribution in [3.8, 4) is 0 Å². The van der Waals surface area contributed by atoms with Gasteiger partial charge in [0.2, 0.25) is 0 Å². The summed E-state index contributed by atoms with van der Waals surface area (Å²) in [6.07, 6.45) is -6.37. The van der Waals surface area contributed by atoms with Crippen LogP contribution in [-0.2, 0) is 4.79 Å². The number of halogens is 5. The van der Waals surface area contributed by atoms with Crippen molar-refractivity contribution in [2.24, 2.45) is 5.92 Å². The zero-order valence-electron chi connectivity index (χ0n) is 10.5. The van der Waals surface area contributed by atoms with Crippen LogP contribution in [0.2, 0.25) is 0 Å². The second-order valence-corrected chi connectivity index (χ2v) is 4.88. The van der Waals surface area contributed by atoms with Gasteiger partial charge in [0.05, 0.1) is 5.92 Å². The van der Waals surface area contributed by atoms with Crippen molar-refractivity contribution in [3.63, 3.8) is 0 Å². The van der Waals surface area contributed by atoms with Crippen molar-refractivity contribution in [2.45, 2.75) is 50.6 Å². The van der Waals surface area contributed by atoms with Crippen LogP contribution in [0.3, 0.4) is 0 Å². The van der Waals surface area contributed by atoms with Crippen molar-refractivity contribution in [3.05, 3.63) is 0 Å². The smallest absolute Gasteiger partial charge is 0.317 e. The van der Waals surface area contributed by atoms with Gasteiger partial charge >= 0.3 is 6.18 Å². The van der Waals surface area contributed by atoms with Crippen LogP contribution >= 0.6 is 0 Å². The second kappa shape index (κ2) is 7.17. The molecule has 2 nitrogen and oxygen atoms in total. The zero-order valence-corrected chi connectivity index (χ0v) is 10.5. The molecule has 1 heterocycles. The maximum Gasteiger partial charge on any atom is 0.391 e. The van der Waals surface area contributed by atoms with Crippen LogP contribution in [-0.4, -0.2) is 37.4 Å². The van der Waals surface area contributed by atoms with Gasteiger partial charge < -0.3 is 5.32 Å². The quantitative estimate of drug-likeness (QED) is 0.694. The van der Waals surface area contributed by atoms with Gasteiger partial charge in [-0.25, -0.2) is 8.78 Å². The molecule has 1 saturated carbocycles. The molecule has 1 aliphatic carbocycles. The van der Waals surface area contributed by atoms with E-state index in [9.17, 15) is 26.7 Å². The first kappa shape index (κ1) is 16.3. The van der Waals surface area contributed by atoms with Crippen molar-refractivity contribution in [2.75, 3.05) is 13.1 Å². The Labute approximate surface area is 108 Å². The molecule has 2 unspecified atom stereocenters. The van der Waals surface area contributed by atoms with Crippen molar-refractivity contribution in [1.29, 1.82) is 0 Å². The Morgan fingerprint density at radius 2 is 1.58 bits per heavy atom. The van der Waals surface area contributed by atoms with E-state index in [1.165, 1.54) is 0 Å². The van der Waals surface area contributed by atoms with E-state index < -0.39 is 24.4 Å². The van der Waals surface area contributed by atoms with E-state index in [1.807, 2.05) is 0 Å². The molecule has 19 heavy (non-hydrogen) atoms. The first-order chi connectivity index (χ1) is 8.80. The van der Waals surface area contributed by atoms with Crippen LogP contribution in [0.1, 0.15) is 32.1 Å². The van der Waals surface area contributed by atoms with E-state index >= 15 is 0 Å². The summed E-state index contributed by atoms with van der Waals surface area (Å²) < 4.78 is 60.2. The van der Waals surface area contributed by atoms with Crippen LogP contribution in [0, 0.1) is 5.92 Å². The molecule has 2 rings (SSSR count). The highest BCUT2D eigenvalue weighted by molar-refractivity contribution is 5.79. The predicted octanol–water partition coefficient (Wildman–Crippen LogP) is 2.96. The van der Waals surface area contributed by atoms with Gasteiger partial charge in [0.1, 0.15) is 18.1 Å². The molecule has 0 bridgehead atoms. The summed E-state index contributed by atoms with van der Waals surface area (Å²) in [4.78, 5) is 10.4. The number of rotatable bonds is 0. The van der Waals surface area contributed by atoms with Gasteiger partial charge in [-0.05, 0) is 32.4 Å². The fourth-order valence-electron chi connectivity index (χ4n) is 2.08. The molecule has 0 aromatic heterocycles. The van der Waals surface area contributed by atoms with Crippen LogP contribution in [0.15, 0.2) is 0 Å². The Kier molecular flexibility index (Phi) is 6.16. The third kappa shape index (κ3) is 5.84. The number of hydrogen-bond donors (Lipinski definition) is 1. The van der Waals surface area contributed by atoms with E-state index in [0.29, 0.717) is 13.1 Å². The fourth-order valence-corrected chi connectivity index (χ4v) is 2.08. The summed E-state index contributed by atoms with van der Waals surface area (Å²) in [5.74, 6) is -1.22. The van der Waals surface area contributed by atoms with Gasteiger partial charge in [-0.1, -0.05) is 0 Å². The molecule has 0 spiro atoms. The van der Waals surface area contributed by atoms with Crippen LogP contribution in [0.4, 0.5) is 22.0 Å². The topological polar surface area (TPSA) is 29.1 Å². The van der Waals surface area contributed by atoms with E-state index in [1.54, 1.807) is 0 Å². The van der Waals surface area contributed by atoms with Crippen LogP contribution in [0.25, 0.3) is 0 Å². The second-order valence-electron chi connectivity index (χ2n) is 4.88. The van der Waals surface area contributed by atoms with Crippen molar-refractivity contribution in [1.82, 2.24) is 5.32 Å². The van der Waals surface area contributed by atoms with Crippen LogP contribution < -0.4 is 5.32 Å². The lowest BCUT2D eigenvalue weighted by Crippen LogP contribution is -2.35. The maximum absolute atomic E-state index is 12.2. The standard InChI is InChI=1S/C6H10F3N.C6H8F2O/c7-6(8,9)5-1-3-10-4-2-5;7-5-2-1-4(9)3-6(5)8/h5,10H,1-4H2;5-6H,1-3H2. The molecular weight excluding hydrogens is 269 g/mol. The Hall–Kier alpha value is -0.720. The molecule has 1 aliphatic heterocycles. The zero-order chi connectivity index (χ0) is 14.5. The molecule has 0 aromatic carbocycles. The van der Waals surface area contributed by atoms with E-state index in [4.69, 9.17) is 0 Å². The van der Waals surface area contributed by atoms with Gasteiger partial charge in [0.25, 0.3) is 0 Å². The van der Waals surface area contributed by atoms with Gasteiger partial charge in [0, 0.05) is 12.8 Å². The molecule has 0 amide bonds. The maximum atomic E-state index is 12.2. The summed E-state index contributed by atoms with van der Waals surface area (Å²) in [5, 5.41) is 2.89. The molecule has 2 fully saturated rings. The minimum Gasteiger partial charge on any atom is -0.317 e. The highest BCUT2D eigenvalue weighted by atomic mass is 19.4. The summed E-state index contributed by atoms with van der Waals surface area (Å²) in [6.45, 7) is 1.01. The van der Waals surface area contributed by atoms with E-state index in [2.05, 4.69) is 5.32 Å². The molecule has 2 aliphatic rings. The van der Waals surface area contributed by atoms with Gasteiger partial charge in [-0.2, -0.15) is 13.2 Å². The SMILES string of the molecule is FC(F)(F)C1CCNCC1.O=C1CCC(F)C(F)C1. The largest absolute Gasteiger partial charge is 0.391 e. The monoisotopic (exact) mass is 287 g/mol. The minimum absolute atomic E-state index is 0.0694. The average molecular weight is 287 g/mol. The highest BCUT2D eigenvalue weighted by Gasteiger charge is 2.39. The number of carbonyl (C=O) groups excluding carboxylic acids is 1. The number of nitrogens with one attached hydrogen (secondary N) is 1. The molecule has 0 aromatic rings. The Morgan fingerprint density at radius 1 is 1.00 bits per heavy atom. The Balaban J connectivity index is 0.000000191. The normalized spacial score (nSPS) is 29.6. The number of Topliss-reactive ketones (excluding diaryl/α,β-unsaturated/α-hetero) is 1. The third-order valence-corrected chi connectivity index (χ3v) is 3.32. The first-order valence-corrected chi connectivity index (χ1v) is 6.38. The number of alkyl halides is 5. The predicted molar refractivity (Wildman–Crippen MR) is 60.3 cm³/mol. The Morgan fingerprint density at radius 3 is 1.95 bits per heavy atom. The molecule has 2 atom stereocenters. The van der Waals surface area contributed by atoms with Crippen molar-refractivity contribution < 1.29 is 26.7 Å². The minimum atomic E-state index is -3.97. The molecule has 7 heteroatoms. The fraction of sp³-hybridized carbons (Fsp3) is 0.917. The molecule has 1 saturated heterocycles. The number of ketones is 1. The lowest BCUT2D eigenvalue weighted by atomic mass is 9.96. The van der Waals surface area contributed by atoms with E-state index in [0.717, 1.165) is 0 Å². The third-order valence-electron chi connectivity index (χ3n) is 3.32. The average Bonchev–Trinajstić information content (AvgIpc) is 2.35. The molecule has 1 N–H and O–H groups in total.